The first-order chi connectivity index (χ1) is 15.6. The van der Waals surface area contributed by atoms with Crippen LogP contribution in [0.25, 0.3) is 0 Å². The maximum Gasteiger partial charge on any atom is 0.169 e. The lowest BCUT2D eigenvalue weighted by atomic mass is 9.46. The maximum atomic E-state index is 11.0. The molecule has 1 N–H and O–H groups in total. The van der Waals surface area contributed by atoms with E-state index in [2.05, 4.69) is 59.8 Å². The molecule has 0 bridgehead atoms. The number of hydrogen-bond donors (Lipinski definition) is 1. The molecule has 0 aromatic rings. The lowest BCUT2D eigenvalue weighted by Gasteiger charge is -2.59. The topological polar surface area (TPSA) is 29.5 Å². The van der Waals surface area contributed by atoms with Crippen LogP contribution in [0.5, 0.6) is 0 Å². The lowest BCUT2D eigenvalue weighted by Crippen LogP contribution is -2.52. The van der Waals surface area contributed by atoms with Gasteiger partial charge in [-0.1, -0.05) is 65.3 Å². The molecule has 0 unspecified atom stereocenters. The van der Waals surface area contributed by atoms with Crippen LogP contribution in [0.15, 0.2) is 23.8 Å². The first kappa shape index (κ1) is 25.5. The second kappa shape index (κ2) is 9.45. The van der Waals surface area contributed by atoms with Crippen molar-refractivity contribution in [3.05, 3.63) is 23.8 Å². The van der Waals surface area contributed by atoms with E-state index in [9.17, 15) is 5.11 Å². The van der Waals surface area contributed by atoms with Gasteiger partial charge in [-0.25, -0.2) is 0 Å². The van der Waals surface area contributed by atoms with Crippen molar-refractivity contribution in [2.45, 2.75) is 112 Å². The second-order valence-electron chi connectivity index (χ2n) is 13.1. The molecular weight excluding hydrogens is 404 g/mol. The van der Waals surface area contributed by atoms with Crippen LogP contribution in [0, 0.1) is 52.3 Å². The molecule has 188 valence electrons. The minimum absolute atomic E-state index is 0.267. The standard InChI is InChI=1S/C31H52O2/c1-8-23(21(3)4)11-10-22(5)26-14-15-27-25-13-12-24-20-31(32,33-9-2)19-18-29(24,6)28(25)16-17-30(26,27)7/h10-12,21-23,25-28,32H,8-9,13-20H2,1-7H3/b11-10+/t22-,23+,25+,26-,27+,28+,29+,30-,31+/m1/s1. The lowest BCUT2D eigenvalue weighted by molar-refractivity contribution is -0.222. The molecule has 0 aliphatic heterocycles. The summed E-state index contributed by atoms with van der Waals surface area (Å²) in [6.07, 6.45) is 18.3. The Hall–Kier alpha value is -0.600. The molecule has 4 rings (SSSR count). The third-order valence-corrected chi connectivity index (χ3v) is 11.2. The van der Waals surface area contributed by atoms with E-state index >= 15 is 0 Å². The fourth-order valence-electron chi connectivity index (χ4n) is 9.20. The molecule has 9 atom stereocenters. The van der Waals surface area contributed by atoms with Crippen LogP contribution < -0.4 is 0 Å². The predicted octanol–water partition coefficient (Wildman–Crippen LogP) is 8.17. The molecule has 0 saturated heterocycles. The summed E-state index contributed by atoms with van der Waals surface area (Å²) in [7, 11) is 0. The highest BCUT2D eigenvalue weighted by molar-refractivity contribution is 5.26. The molecule has 0 spiro atoms. The molecular formula is C31H52O2. The van der Waals surface area contributed by atoms with Gasteiger partial charge in [0.15, 0.2) is 5.79 Å². The van der Waals surface area contributed by atoms with Gasteiger partial charge in [0.1, 0.15) is 0 Å². The Bertz CT molecular complexity index is 752. The van der Waals surface area contributed by atoms with Gasteiger partial charge in [-0.2, -0.15) is 0 Å². The molecule has 2 heteroatoms. The number of hydrogen-bond acceptors (Lipinski definition) is 2. The van der Waals surface area contributed by atoms with Crippen LogP contribution >= 0.6 is 0 Å². The Morgan fingerprint density at radius 1 is 1.03 bits per heavy atom. The monoisotopic (exact) mass is 456 g/mol. The highest BCUT2D eigenvalue weighted by Gasteiger charge is 2.60. The van der Waals surface area contributed by atoms with Gasteiger partial charge < -0.3 is 9.84 Å². The second-order valence-corrected chi connectivity index (χ2v) is 13.1. The summed E-state index contributed by atoms with van der Waals surface area (Å²) >= 11 is 0. The van der Waals surface area contributed by atoms with Crippen molar-refractivity contribution in [1.29, 1.82) is 0 Å². The van der Waals surface area contributed by atoms with Gasteiger partial charge in [0, 0.05) is 19.4 Å². The summed E-state index contributed by atoms with van der Waals surface area (Å²) < 4.78 is 5.80. The first-order valence-corrected chi connectivity index (χ1v) is 14.3. The van der Waals surface area contributed by atoms with E-state index in [1.165, 1.54) is 44.1 Å². The molecule has 0 aromatic carbocycles. The molecule has 0 aromatic heterocycles. The number of rotatable bonds is 7. The molecule has 0 amide bonds. The summed E-state index contributed by atoms with van der Waals surface area (Å²) in [6.45, 7) is 17.3. The Balaban J connectivity index is 1.51. The quantitative estimate of drug-likeness (QED) is 0.309. The largest absolute Gasteiger partial charge is 0.365 e. The van der Waals surface area contributed by atoms with Crippen LogP contribution in [-0.2, 0) is 4.74 Å². The minimum atomic E-state index is -0.928. The van der Waals surface area contributed by atoms with Crippen LogP contribution in [-0.4, -0.2) is 17.5 Å². The number of fused-ring (bicyclic) bond motifs is 5. The van der Waals surface area contributed by atoms with E-state index in [0.717, 1.165) is 54.8 Å². The van der Waals surface area contributed by atoms with E-state index in [4.69, 9.17) is 4.74 Å². The van der Waals surface area contributed by atoms with E-state index in [0.29, 0.717) is 17.9 Å². The summed E-state index contributed by atoms with van der Waals surface area (Å²) in [4.78, 5) is 0. The normalized spacial score (nSPS) is 44.8. The maximum absolute atomic E-state index is 11.0. The summed E-state index contributed by atoms with van der Waals surface area (Å²) in [5, 5.41) is 11.0. The summed E-state index contributed by atoms with van der Waals surface area (Å²) in [5.74, 6) is 4.53. The molecule has 3 saturated carbocycles. The highest BCUT2D eigenvalue weighted by atomic mass is 16.6. The third-order valence-electron chi connectivity index (χ3n) is 11.2. The van der Waals surface area contributed by atoms with Crippen molar-refractivity contribution >= 4 is 0 Å². The van der Waals surface area contributed by atoms with Crippen molar-refractivity contribution in [3.8, 4) is 0 Å². The number of ether oxygens (including phenoxy) is 1. The van der Waals surface area contributed by atoms with Gasteiger partial charge in [-0.15, -0.1) is 0 Å². The van der Waals surface area contributed by atoms with Crippen molar-refractivity contribution in [3.63, 3.8) is 0 Å². The van der Waals surface area contributed by atoms with Crippen molar-refractivity contribution in [2.75, 3.05) is 6.61 Å². The van der Waals surface area contributed by atoms with Crippen LogP contribution in [0.3, 0.4) is 0 Å². The third kappa shape index (κ3) is 4.42. The zero-order valence-electron chi connectivity index (χ0n) is 22.7. The predicted molar refractivity (Wildman–Crippen MR) is 139 cm³/mol. The summed E-state index contributed by atoms with van der Waals surface area (Å²) in [6, 6.07) is 0. The van der Waals surface area contributed by atoms with Gasteiger partial charge in [0.05, 0.1) is 0 Å². The SMILES string of the molecule is CCO[C@@]1(O)CC[C@@]2(C)C(=CC[C@H]3[C@@H]4CC[C@H]([C@H](C)/C=C/[C@H](CC)C(C)C)[C@@]4(C)CC[C@@H]32)C1. The molecule has 33 heavy (non-hydrogen) atoms. The van der Waals surface area contributed by atoms with E-state index < -0.39 is 5.79 Å². The van der Waals surface area contributed by atoms with Crippen molar-refractivity contribution < 1.29 is 9.84 Å². The first-order valence-electron chi connectivity index (χ1n) is 14.3. The fraction of sp³-hybridized carbons (Fsp3) is 0.871. The molecule has 3 fully saturated rings. The van der Waals surface area contributed by atoms with Gasteiger partial charge >= 0.3 is 0 Å². The van der Waals surface area contributed by atoms with Gasteiger partial charge in [-0.3, -0.25) is 0 Å². The van der Waals surface area contributed by atoms with Crippen molar-refractivity contribution in [1.82, 2.24) is 0 Å². The Labute approximate surface area is 204 Å². The molecule has 4 aliphatic carbocycles. The molecule has 4 aliphatic rings. The summed E-state index contributed by atoms with van der Waals surface area (Å²) in [5.41, 5.74) is 2.26. The van der Waals surface area contributed by atoms with Crippen LogP contribution in [0.2, 0.25) is 0 Å². The minimum Gasteiger partial charge on any atom is -0.365 e. The molecule has 0 radical (unpaired) electrons. The average Bonchev–Trinajstić information content (AvgIpc) is 3.12. The van der Waals surface area contributed by atoms with E-state index in [-0.39, 0.29) is 5.41 Å². The molecule has 2 nitrogen and oxygen atoms in total. The zero-order valence-corrected chi connectivity index (χ0v) is 22.7. The van der Waals surface area contributed by atoms with Crippen LogP contribution in [0.1, 0.15) is 106 Å². The fourth-order valence-corrected chi connectivity index (χ4v) is 9.20. The Morgan fingerprint density at radius 3 is 2.45 bits per heavy atom. The van der Waals surface area contributed by atoms with Gasteiger partial charge in [0.25, 0.3) is 0 Å². The van der Waals surface area contributed by atoms with Crippen LogP contribution in [0.4, 0.5) is 0 Å². The average molecular weight is 457 g/mol. The Kier molecular flexibility index (Phi) is 7.30. The van der Waals surface area contributed by atoms with Crippen molar-refractivity contribution in [2.24, 2.45) is 52.3 Å². The zero-order chi connectivity index (χ0) is 24.0. The number of aliphatic hydroxyl groups is 1. The molecule has 0 heterocycles. The van der Waals surface area contributed by atoms with Gasteiger partial charge in [-0.05, 0) is 104 Å². The highest BCUT2D eigenvalue weighted by Crippen LogP contribution is 2.67. The van der Waals surface area contributed by atoms with E-state index in [1.54, 1.807) is 0 Å². The number of allylic oxidation sites excluding steroid dienone is 3. The Morgan fingerprint density at radius 2 is 1.79 bits per heavy atom. The smallest absolute Gasteiger partial charge is 0.169 e. The van der Waals surface area contributed by atoms with E-state index in [1.807, 2.05) is 6.92 Å². The van der Waals surface area contributed by atoms with Gasteiger partial charge in [0.2, 0.25) is 0 Å².